The number of aromatic nitrogens is 2. The molecule has 0 saturated heterocycles. The summed E-state index contributed by atoms with van der Waals surface area (Å²) in [6.07, 6.45) is 5.50. The molecule has 0 saturated carbocycles. The fourth-order valence-electron chi connectivity index (χ4n) is 1.50. The highest BCUT2D eigenvalue weighted by atomic mass is 35.5. The number of anilines is 1. The summed E-state index contributed by atoms with van der Waals surface area (Å²) in [6.45, 7) is 5.82. The van der Waals surface area contributed by atoms with Crippen LogP contribution in [0.4, 0.5) is 5.69 Å². The average Bonchev–Trinajstić information content (AvgIpc) is 2.36. The molecule has 19 heavy (non-hydrogen) atoms. The molecule has 7 heteroatoms. The minimum Gasteiger partial charge on any atom is -0.380 e. The Hall–Kier alpha value is -1.14. The number of hydrogen-bond acceptors (Lipinski definition) is 4. The predicted octanol–water partition coefficient (Wildman–Crippen LogP) is 1.65. The Morgan fingerprint density at radius 2 is 2.37 bits per heavy atom. The summed E-state index contributed by atoms with van der Waals surface area (Å²) in [5, 5.41) is 7.22. The van der Waals surface area contributed by atoms with Crippen LogP contribution in [-0.4, -0.2) is 32.0 Å². The molecule has 106 valence electrons. The second-order valence-corrected chi connectivity index (χ2v) is 6.19. The van der Waals surface area contributed by atoms with Gasteiger partial charge in [-0.3, -0.25) is 9.00 Å². The van der Waals surface area contributed by atoms with Gasteiger partial charge in [-0.25, -0.2) is 4.68 Å². The van der Waals surface area contributed by atoms with Crippen LogP contribution in [0, 0.1) is 0 Å². The van der Waals surface area contributed by atoms with Crippen molar-refractivity contribution in [3.8, 4) is 0 Å². The summed E-state index contributed by atoms with van der Waals surface area (Å²) >= 11 is 6.01. The topological polar surface area (TPSA) is 64.0 Å². The van der Waals surface area contributed by atoms with Gasteiger partial charge in [0.25, 0.3) is 5.56 Å². The first kappa shape index (κ1) is 15.9. The monoisotopic (exact) mass is 303 g/mol. The van der Waals surface area contributed by atoms with E-state index in [4.69, 9.17) is 11.6 Å². The fourth-order valence-corrected chi connectivity index (χ4v) is 2.38. The molecule has 0 fully saturated rings. The van der Waals surface area contributed by atoms with Crippen molar-refractivity contribution in [1.29, 1.82) is 0 Å². The number of rotatable bonds is 7. The van der Waals surface area contributed by atoms with Crippen LogP contribution in [0.25, 0.3) is 0 Å². The highest BCUT2D eigenvalue weighted by molar-refractivity contribution is 7.84. The largest absolute Gasteiger partial charge is 0.380 e. The molecule has 1 heterocycles. The van der Waals surface area contributed by atoms with Gasteiger partial charge in [0.2, 0.25) is 0 Å². The Kier molecular flexibility index (Phi) is 6.24. The smallest absolute Gasteiger partial charge is 0.287 e. The van der Waals surface area contributed by atoms with Crippen molar-refractivity contribution >= 4 is 28.1 Å². The number of nitrogens with one attached hydrogen (secondary N) is 1. The third-order valence-corrected chi connectivity index (χ3v) is 3.70. The van der Waals surface area contributed by atoms with Gasteiger partial charge < -0.3 is 5.32 Å². The summed E-state index contributed by atoms with van der Waals surface area (Å²) < 4.78 is 12.3. The van der Waals surface area contributed by atoms with E-state index in [1.54, 1.807) is 12.3 Å². The van der Waals surface area contributed by atoms with Crippen molar-refractivity contribution < 1.29 is 4.21 Å². The Morgan fingerprint density at radius 1 is 1.68 bits per heavy atom. The van der Waals surface area contributed by atoms with E-state index in [9.17, 15) is 9.00 Å². The highest BCUT2D eigenvalue weighted by Gasteiger charge is 2.11. The Labute approximate surface area is 120 Å². The highest BCUT2D eigenvalue weighted by Crippen LogP contribution is 2.17. The van der Waals surface area contributed by atoms with Crippen LogP contribution in [0.15, 0.2) is 23.6 Å². The van der Waals surface area contributed by atoms with Gasteiger partial charge >= 0.3 is 0 Å². The van der Waals surface area contributed by atoms with Gasteiger partial charge in [-0.05, 0) is 13.3 Å². The lowest BCUT2D eigenvalue weighted by Gasteiger charge is -2.15. The standard InChI is InChI=1S/C12H18ClN3O2S/c1-4-6-16-12(17)11(13)10(8-14-16)15-9(2)5-7-19(3)18/h4,8-9,15H,1,5-7H2,2-3H3. The summed E-state index contributed by atoms with van der Waals surface area (Å²) in [5.41, 5.74) is 0.152. The zero-order valence-electron chi connectivity index (χ0n) is 11.1. The lowest BCUT2D eigenvalue weighted by Crippen LogP contribution is -2.26. The second kappa shape index (κ2) is 7.45. The van der Waals surface area contributed by atoms with Gasteiger partial charge in [0.1, 0.15) is 5.02 Å². The van der Waals surface area contributed by atoms with Gasteiger partial charge in [0.05, 0.1) is 18.4 Å². The molecule has 1 rings (SSSR count). The van der Waals surface area contributed by atoms with Gasteiger partial charge in [-0.15, -0.1) is 6.58 Å². The van der Waals surface area contributed by atoms with Crippen LogP contribution in [-0.2, 0) is 17.3 Å². The Bertz CT molecular complexity index is 530. The molecule has 0 radical (unpaired) electrons. The Balaban J connectivity index is 2.79. The van der Waals surface area contributed by atoms with Crippen molar-refractivity contribution in [2.45, 2.75) is 25.9 Å². The SMILES string of the molecule is C=CCn1ncc(NC(C)CCS(C)=O)c(Cl)c1=O. The van der Waals surface area contributed by atoms with E-state index in [2.05, 4.69) is 17.0 Å². The van der Waals surface area contributed by atoms with Crippen LogP contribution in [0.1, 0.15) is 13.3 Å². The number of nitrogens with zero attached hydrogens (tertiary/aromatic N) is 2. The molecule has 0 bridgehead atoms. The van der Waals surface area contributed by atoms with Gasteiger partial charge in [-0.2, -0.15) is 5.10 Å². The lowest BCUT2D eigenvalue weighted by atomic mass is 10.2. The van der Waals surface area contributed by atoms with Crippen LogP contribution < -0.4 is 10.9 Å². The normalized spacial score (nSPS) is 13.8. The van der Waals surface area contributed by atoms with Crippen molar-refractivity contribution in [3.05, 3.63) is 34.2 Å². The van der Waals surface area contributed by atoms with Crippen LogP contribution in [0.2, 0.25) is 5.02 Å². The predicted molar refractivity (Wildman–Crippen MR) is 80.3 cm³/mol. The third-order valence-electron chi connectivity index (χ3n) is 2.53. The maximum atomic E-state index is 11.9. The van der Waals surface area contributed by atoms with Crippen molar-refractivity contribution in [2.24, 2.45) is 0 Å². The first-order valence-corrected chi connectivity index (χ1v) is 7.99. The van der Waals surface area contributed by atoms with E-state index in [-0.39, 0.29) is 16.6 Å². The molecule has 1 N–H and O–H groups in total. The molecular weight excluding hydrogens is 286 g/mol. The first-order chi connectivity index (χ1) is 8.95. The second-order valence-electron chi connectivity index (χ2n) is 4.26. The molecule has 2 atom stereocenters. The molecule has 0 spiro atoms. The lowest BCUT2D eigenvalue weighted by molar-refractivity contribution is 0.650. The van der Waals surface area contributed by atoms with Gasteiger partial charge in [0, 0.05) is 28.9 Å². The van der Waals surface area contributed by atoms with Crippen LogP contribution >= 0.6 is 11.6 Å². The first-order valence-electron chi connectivity index (χ1n) is 5.88. The zero-order valence-corrected chi connectivity index (χ0v) is 12.6. The van der Waals surface area contributed by atoms with Gasteiger partial charge in [-0.1, -0.05) is 17.7 Å². The molecule has 0 aliphatic rings. The van der Waals surface area contributed by atoms with Crippen LogP contribution in [0.5, 0.6) is 0 Å². The Morgan fingerprint density at radius 3 is 2.95 bits per heavy atom. The van der Waals surface area contributed by atoms with E-state index in [1.807, 2.05) is 6.92 Å². The molecular formula is C12H18ClN3O2S. The summed E-state index contributed by atoms with van der Waals surface area (Å²) in [6, 6.07) is 0.0675. The fraction of sp³-hybridized carbons (Fsp3) is 0.500. The quantitative estimate of drug-likeness (QED) is 0.778. The van der Waals surface area contributed by atoms with Crippen LogP contribution in [0.3, 0.4) is 0 Å². The summed E-state index contributed by atoms with van der Waals surface area (Å²) in [7, 11) is -0.826. The number of halogens is 1. The maximum Gasteiger partial charge on any atom is 0.287 e. The zero-order chi connectivity index (χ0) is 14.4. The number of hydrogen-bond donors (Lipinski definition) is 1. The molecule has 5 nitrogen and oxygen atoms in total. The molecule has 0 aromatic carbocycles. The minimum atomic E-state index is -0.826. The molecule has 1 aromatic heterocycles. The molecule has 0 aliphatic carbocycles. The van der Waals surface area contributed by atoms with Gasteiger partial charge in [0.15, 0.2) is 0 Å². The summed E-state index contributed by atoms with van der Waals surface area (Å²) in [5.74, 6) is 0.604. The molecule has 0 aliphatic heterocycles. The minimum absolute atomic E-state index is 0.0675. The molecule has 0 amide bonds. The van der Waals surface area contributed by atoms with E-state index < -0.39 is 10.8 Å². The van der Waals surface area contributed by atoms with Crippen molar-refractivity contribution in [1.82, 2.24) is 9.78 Å². The van der Waals surface area contributed by atoms with E-state index in [1.165, 1.54) is 10.9 Å². The van der Waals surface area contributed by atoms with Crippen molar-refractivity contribution in [3.63, 3.8) is 0 Å². The van der Waals surface area contributed by atoms with Crippen molar-refractivity contribution in [2.75, 3.05) is 17.3 Å². The maximum absolute atomic E-state index is 11.9. The molecule has 1 aromatic rings. The van der Waals surface area contributed by atoms with E-state index in [0.29, 0.717) is 18.0 Å². The molecule has 2 unspecified atom stereocenters. The number of allylic oxidation sites excluding steroid dienone is 1. The van der Waals surface area contributed by atoms with E-state index in [0.717, 1.165) is 6.42 Å². The average molecular weight is 304 g/mol. The van der Waals surface area contributed by atoms with E-state index >= 15 is 0 Å². The summed E-state index contributed by atoms with van der Waals surface area (Å²) in [4.78, 5) is 11.9. The third kappa shape index (κ3) is 4.80.